The van der Waals surface area contributed by atoms with Crippen LogP contribution in [0.25, 0.3) is 0 Å². The summed E-state index contributed by atoms with van der Waals surface area (Å²) >= 11 is 0. The first-order valence-electron chi connectivity index (χ1n) is 6.47. The summed E-state index contributed by atoms with van der Waals surface area (Å²) in [6.07, 6.45) is 7.35. The molecule has 1 atom stereocenters. The maximum Gasteiger partial charge on any atom is 0.0270 e. The Bertz CT molecular complexity index is 287. The number of hydrogen-bond donors (Lipinski definition) is 1. The van der Waals surface area contributed by atoms with Crippen LogP contribution in [0.5, 0.6) is 0 Å². The monoisotopic (exact) mass is 235 g/mol. The first-order valence-corrected chi connectivity index (χ1v) is 6.47. The zero-order chi connectivity index (χ0) is 12.5. The average molecular weight is 235 g/mol. The molecule has 0 saturated heterocycles. The number of aromatic nitrogens is 1. The second-order valence-corrected chi connectivity index (χ2v) is 4.74. The standard InChI is InChI=1S/C14H25N3/c1-13(15-2)5-4-11-17(3)12-8-14-6-9-16-10-7-14/h6-7,9-10,13,15H,4-5,8,11-12H2,1-3H3. The minimum Gasteiger partial charge on any atom is -0.317 e. The maximum atomic E-state index is 4.03. The number of hydrogen-bond acceptors (Lipinski definition) is 3. The van der Waals surface area contributed by atoms with Gasteiger partial charge in [-0.15, -0.1) is 0 Å². The molecular formula is C14H25N3. The quantitative estimate of drug-likeness (QED) is 0.746. The van der Waals surface area contributed by atoms with Crippen molar-refractivity contribution >= 4 is 0 Å². The highest BCUT2D eigenvalue weighted by Gasteiger charge is 2.01. The van der Waals surface area contributed by atoms with Gasteiger partial charge < -0.3 is 10.2 Å². The molecule has 0 saturated carbocycles. The fourth-order valence-corrected chi connectivity index (χ4v) is 1.79. The van der Waals surface area contributed by atoms with Crippen LogP contribution in [0.2, 0.25) is 0 Å². The van der Waals surface area contributed by atoms with Crippen molar-refractivity contribution in [1.82, 2.24) is 15.2 Å². The fourth-order valence-electron chi connectivity index (χ4n) is 1.79. The number of rotatable bonds is 8. The highest BCUT2D eigenvalue weighted by molar-refractivity contribution is 5.09. The molecule has 0 bridgehead atoms. The summed E-state index contributed by atoms with van der Waals surface area (Å²) < 4.78 is 0. The third kappa shape index (κ3) is 6.39. The fraction of sp³-hybridized carbons (Fsp3) is 0.643. The summed E-state index contributed by atoms with van der Waals surface area (Å²) in [6, 6.07) is 4.82. The molecule has 1 heterocycles. The van der Waals surface area contributed by atoms with E-state index in [4.69, 9.17) is 0 Å². The normalized spacial score (nSPS) is 12.9. The van der Waals surface area contributed by atoms with Crippen molar-refractivity contribution in [3.63, 3.8) is 0 Å². The van der Waals surface area contributed by atoms with E-state index in [1.807, 2.05) is 19.4 Å². The Hall–Kier alpha value is -0.930. The van der Waals surface area contributed by atoms with Crippen molar-refractivity contribution < 1.29 is 0 Å². The Morgan fingerprint density at radius 2 is 2.00 bits per heavy atom. The predicted molar refractivity (Wildman–Crippen MR) is 73.2 cm³/mol. The molecule has 0 aliphatic carbocycles. The van der Waals surface area contributed by atoms with Crippen molar-refractivity contribution in [1.29, 1.82) is 0 Å². The minimum absolute atomic E-state index is 0.628. The molecule has 3 heteroatoms. The van der Waals surface area contributed by atoms with E-state index in [9.17, 15) is 0 Å². The summed E-state index contributed by atoms with van der Waals surface area (Å²) in [6.45, 7) is 4.53. The largest absolute Gasteiger partial charge is 0.317 e. The van der Waals surface area contributed by atoms with Crippen molar-refractivity contribution in [2.24, 2.45) is 0 Å². The molecule has 1 rings (SSSR count). The number of nitrogens with one attached hydrogen (secondary N) is 1. The lowest BCUT2D eigenvalue weighted by atomic mass is 10.1. The van der Waals surface area contributed by atoms with Crippen molar-refractivity contribution in [2.75, 3.05) is 27.2 Å². The number of pyridine rings is 1. The zero-order valence-electron chi connectivity index (χ0n) is 11.3. The second-order valence-electron chi connectivity index (χ2n) is 4.74. The Morgan fingerprint density at radius 3 is 2.65 bits per heavy atom. The van der Waals surface area contributed by atoms with Crippen LogP contribution in [0.4, 0.5) is 0 Å². The van der Waals surface area contributed by atoms with Crippen LogP contribution < -0.4 is 5.32 Å². The lowest BCUT2D eigenvalue weighted by Gasteiger charge is -2.17. The van der Waals surface area contributed by atoms with Crippen LogP contribution in [0.3, 0.4) is 0 Å². The van der Waals surface area contributed by atoms with Gasteiger partial charge in [0, 0.05) is 25.0 Å². The van der Waals surface area contributed by atoms with Crippen LogP contribution in [0.15, 0.2) is 24.5 Å². The van der Waals surface area contributed by atoms with Crippen LogP contribution in [-0.2, 0) is 6.42 Å². The lowest BCUT2D eigenvalue weighted by Crippen LogP contribution is -2.26. The van der Waals surface area contributed by atoms with Crippen LogP contribution in [0.1, 0.15) is 25.3 Å². The first kappa shape index (κ1) is 14.1. The first-order chi connectivity index (χ1) is 8.22. The van der Waals surface area contributed by atoms with E-state index in [0.29, 0.717) is 6.04 Å². The number of likely N-dealkylation sites (N-methyl/N-ethyl adjacent to an activating group) is 1. The zero-order valence-corrected chi connectivity index (χ0v) is 11.3. The Kier molecular flexibility index (Phi) is 6.82. The van der Waals surface area contributed by atoms with Crippen LogP contribution >= 0.6 is 0 Å². The number of nitrogens with zero attached hydrogens (tertiary/aromatic N) is 2. The van der Waals surface area contributed by atoms with E-state index in [0.717, 1.165) is 13.0 Å². The summed E-state index contributed by atoms with van der Waals surface area (Å²) in [7, 11) is 4.23. The molecule has 1 N–H and O–H groups in total. The van der Waals surface area contributed by atoms with Gasteiger partial charge in [0.1, 0.15) is 0 Å². The van der Waals surface area contributed by atoms with E-state index in [2.05, 4.69) is 41.3 Å². The van der Waals surface area contributed by atoms with Crippen LogP contribution in [-0.4, -0.2) is 43.1 Å². The van der Waals surface area contributed by atoms with E-state index >= 15 is 0 Å². The molecule has 0 fully saturated rings. The molecule has 0 radical (unpaired) electrons. The van der Waals surface area contributed by atoms with Crippen molar-refractivity contribution in [3.05, 3.63) is 30.1 Å². The van der Waals surface area contributed by atoms with Gasteiger partial charge >= 0.3 is 0 Å². The van der Waals surface area contributed by atoms with Gasteiger partial charge in [-0.1, -0.05) is 0 Å². The summed E-state index contributed by atoms with van der Waals surface area (Å²) in [5, 5.41) is 3.27. The molecule has 1 aromatic rings. The van der Waals surface area contributed by atoms with E-state index in [1.165, 1.54) is 24.9 Å². The van der Waals surface area contributed by atoms with Gasteiger partial charge in [-0.05, 0) is 64.5 Å². The average Bonchev–Trinajstić information content (AvgIpc) is 2.37. The molecule has 96 valence electrons. The molecule has 0 spiro atoms. The molecule has 3 nitrogen and oxygen atoms in total. The highest BCUT2D eigenvalue weighted by Crippen LogP contribution is 2.01. The van der Waals surface area contributed by atoms with Gasteiger partial charge in [-0.25, -0.2) is 0 Å². The maximum absolute atomic E-state index is 4.03. The van der Waals surface area contributed by atoms with E-state index < -0.39 is 0 Å². The molecule has 17 heavy (non-hydrogen) atoms. The minimum atomic E-state index is 0.628. The SMILES string of the molecule is CNC(C)CCCN(C)CCc1ccncc1. The second kappa shape index (κ2) is 8.20. The smallest absolute Gasteiger partial charge is 0.0270 e. The lowest BCUT2D eigenvalue weighted by molar-refractivity contribution is 0.323. The molecule has 1 unspecified atom stereocenters. The molecule has 1 aromatic heterocycles. The van der Waals surface area contributed by atoms with Gasteiger partial charge in [0.05, 0.1) is 0 Å². The van der Waals surface area contributed by atoms with Crippen molar-refractivity contribution in [3.8, 4) is 0 Å². The molecule has 0 aliphatic heterocycles. The molecular weight excluding hydrogens is 210 g/mol. The summed E-state index contributed by atoms with van der Waals surface area (Å²) in [4.78, 5) is 6.44. The van der Waals surface area contributed by atoms with Crippen molar-refractivity contribution in [2.45, 2.75) is 32.2 Å². The Labute approximate surface area is 105 Å². The highest BCUT2D eigenvalue weighted by atomic mass is 15.1. The third-order valence-electron chi connectivity index (χ3n) is 3.20. The predicted octanol–water partition coefficient (Wildman–Crippen LogP) is 1.94. The van der Waals surface area contributed by atoms with Crippen LogP contribution in [0, 0.1) is 0 Å². The summed E-state index contributed by atoms with van der Waals surface area (Å²) in [5.41, 5.74) is 1.37. The molecule has 0 amide bonds. The molecule has 0 aromatic carbocycles. The van der Waals surface area contributed by atoms with Gasteiger partial charge in [0.25, 0.3) is 0 Å². The van der Waals surface area contributed by atoms with Gasteiger partial charge in [0.2, 0.25) is 0 Å². The Balaban J connectivity index is 2.11. The summed E-state index contributed by atoms with van der Waals surface area (Å²) in [5.74, 6) is 0. The topological polar surface area (TPSA) is 28.2 Å². The molecule has 0 aliphatic rings. The van der Waals surface area contributed by atoms with E-state index in [-0.39, 0.29) is 0 Å². The van der Waals surface area contributed by atoms with Gasteiger partial charge in [-0.2, -0.15) is 0 Å². The van der Waals surface area contributed by atoms with Gasteiger partial charge in [0.15, 0.2) is 0 Å². The van der Waals surface area contributed by atoms with E-state index in [1.54, 1.807) is 0 Å². The van der Waals surface area contributed by atoms with Gasteiger partial charge in [-0.3, -0.25) is 4.98 Å². The Morgan fingerprint density at radius 1 is 1.29 bits per heavy atom. The third-order valence-corrected chi connectivity index (χ3v) is 3.20.